The Bertz CT molecular complexity index is 847. The van der Waals surface area contributed by atoms with Gasteiger partial charge in [-0.25, -0.2) is 8.42 Å². The van der Waals surface area contributed by atoms with Gasteiger partial charge in [-0.3, -0.25) is 4.99 Å². The second-order valence-corrected chi connectivity index (χ2v) is 7.90. The summed E-state index contributed by atoms with van der Waals surface area (Å²) in [6, 6.07) is 11.5. The van der Waals surface area contributed by atoms with Crippen LogP contribution < -0.4 is 0 Å². The summed E-state index contributed by atoms with van der Waals surface area (Å²) in [5, 5.41) is 9.82. The summed E-state index contributed by atoms with van der Waals surface area (Å²) in [4.78, 5) is 4.48. The quantitative estimate of drug-likeness (QED) is 0.733. The zero-order chi connectivity index (χ0) is 17.7. The third-order valence-corrected chi connectivity index (χ3v) is 6.04. The van der Waals surface area contributed by atoms with Gasteiger partial charge in [-0.2, -0.15) is 4.31 Å². The van der Waals surface area contributed by atoms with Crippen LogP contribution in [-0.4, -0.2) is 37.1 Å². The maximum absolute atomic E-state index is 12.5. The predicted molar refractivity (Wildman–Crippen MR) is 99.6 cm³/mol. The van der Waals surface area contributed by atoms with Crippen molar-refractivity contribution in [2.75, 3.05) is 13.1 Å². The molecule has 0 aliphatic carbocycles. The minimum atomic E-state index is -3.52. The van der Waals surface area contributed by atoms with Crippen molar-refractivity contribution < 1.29 is 13.5 Å². The summed E-state index contributed by atoms with van der Waals surface area (Å²) in [6.45, 7) is 4.44. The zero-order valence-corrected chi connectivity index (χ0v) is 15.9. The first-order valence-electron chi connectivity index (χ1n) is 7.51. The molecule has 0 heterocycles. The second kappa shape index (κ2) is 7.92. The second-order valence-electron chi connectivity index (χ2n) is 5.05. The number of nitrogens with zero attached hydrogens (tertiary/aromatic N) is 2. The van der Waals surface area contributed by atoms with Crippen LogP contribution in [0.5, 0.6) is 5.75 Å². The molecule has 7 heteroatoms. The molecule has 0 spiro atoms. The zero-order valence-electron chi connectivity index (χ0n) is 13.5. The fourth-order valence-electron chi connectivity index (χ4n) is 2.21. The van der Waals surface area contributed by atoms with Crippen LogP contribution in [0.3, 0.4) is 0 Å². The summed E-state index contributed by atoms with van der Waals surface area (Å²) in [5.41, 5.74) is 1.05. The molecular formula is C17H19BrN2O3S. The lowest BCUT2D eigenvalue weighted by Gasteiger charge is -2.18. The van der Waals surface area contributed by atoms with Gasteiger partial charge >= 0.3 is 0 Å². The topological polar surface area (TPSA) is 70.0 Å². The van der Waals surface area contributed by atoms with Gasteiger partial charge in [-0.1, -0.05) is 35.8 Å². The summed E-state index contributed by atoms with van der Waals surface area (Å²) >= 11 is 3.33. The molecular weight excluding hydrogens is 392 g/mol. The smallest absolute Gasteiger partial charge is 0.243 e. The molecule has 0 unspecified atom stereocenters. The van der Waals surface area contributed by atoms with Crippen LogP contribution in [-0.2, 0) is 10.0 Å². The van der Waals surface area contributed by atoms with Crippen molar-refractivity contribution in [3.05, 3.63) is 52.5 Å². The van der Waals surface area contributed by atoms with Gasteiger partial charge in [0, 0.05) is 29.3 Å². The molecule has 0 aliphatic rings. The monoisotopic (exact) mass is 410 g/mol. The highest BCUT2D eigenvalue weighted by molar-refractivity contribution is 9.10. The Hall–Kier alpha value is -1.70. The predicted octanol–water partition coefficient (Wildman–Crippen LogP) is 3.94. The van der Waals surface area contributed by atoms with Gasteiger partial charge < -0.3 is 5.11 Å². The van der Waals surface area contributed by atoms with Crippen LogP contribution in [0.2, 0.25) is 0 Å². The molecule has 2 aromatic carbocycles. The average Bonchev–Trinajstić information content (AvgIpc) is 2.57. The van der Waals surface area contributed by atoms with Crippen molar-refractivity contribution in [1.82, 2.24) is 4.31 Å². The summed E-state index contributed by atoms with van der Waals surface area (Å²) in [6.07, 6.45) is 1.50. The van der Waals surface area contributed by atoms with E-state index in [4.69, 9.17) is 0 Å². The Morgan fingerprint density at radius 2 is 1.88 bits per heavy atom. The number of benzene rings is 2. The van der Waals surface area contributed by atoms with Crippen LogP contribution in [0.25, 0.3) is 0 Å². The lowest BCUT2D eigenvalue weighted by atomic mass is 10.2. The molecule has 24 heavy (non-hydrogen) atoms. The van der Waals surface area contributed by atoms with Gasteiger partial charge in [0.1, 0.15) is 5.75 Å². The van der Waals surface area contributed by atoms with Crippen LogP contribution in [0.1, 0.15) is 19.4 Å². The van der Waals surface area contributed by atoms with Gasteiger partial charge in [0.25, 0.3) is 0 Å². The molecule has 128 valence electrons. The highest BCUT2D eigenvalue weighted by atomic mass is 79.9. The molecule has 0 saturated carbocycles. The molecule has 0 aliphatic heterocycles. The van der Waals surface area contributed by atoms with Crippen LogP contribution in [0.4, 0.5) is 5.69 Å². The number of rotatable bonds is 6. The number of sulfonamides is 1. The maximum Gasteiger partial charge on any atom is 0.243 e. The fraction of sp³-hybridized carbons (Fsp3) is 0.235. The largest absolute Gasteiger partial charge is 0.507 e. The van der Waals surface area contributed by atoms with E-state index in [0.717, 1.165) is 4.47 Å². The summed E-state index contributed by atoms with van der Waals surface area (Å²) < 4.78 is 27.3. The molecule has 0 radical (unpaired) electrons. The van der Waals surface area contributed by atoms with Crippen molar-refractivity contribution in [2.45, 2.75) is 18.7 Å². The van der Waals surface area contributed by atoms with E-state index in [1.54, 1.807) is 50.2 Å². The third-order valence-electron chi connectivity index (χ3n) is 3.50. The van der Waals surface area contributed by atoms with Gasteiger partial charge in [0.2, 0.25) is 10.0 Å². The molecule has 0 saturated heterocycles. The van der Waals surface area contributed by atoms with E-state index in [2.05, 4.69) is 20.9 Å². The van der Waals surface area contributed by atoms with Crippen LogP contribution in [0, 0.1) is 0 Å². The van der Waals surface area contributed by atoms with Crippen molar-refractivity contribution >= 4 is 37.9 Å². The van der Waals surface area contributed by atoms with E-state index in [-0.39, 0.29) is 10.6 Å². The van der Waals surface area contributed by atoms with Crippen molar-refractivity contribution in [2.24, 2.45) is 4.99 Å². The third kappa shape index (κ3) is 4.23. The summed E-state index contributed by atoms with van der Waals surface area (Å²) in [7, 11) is -3.52. The number of hydrogen-bond acceptors (Lipinski definition) is 4. The number of phenols is 1. The molecule has 0 aromatic heterocycles. The number of aliphatic imine (C=N–C) groups is 1. The van der Waals surface area contributed by atoms with E-state index >= 15 is 0 Å². The van der Waals surface area contributed by atoms with Crippen LogP contribution in [0.15, 0.2) is 56.8 Å². The minimum absolute atomic E-state index is 0.105. The molecule has 0 amide bonds. The van der Waals surface area contributed by atoms with E-state index < -0.39 is 10.0 Å². The molecule has 5 nitrogen and oxygen atoms in total. The van der Waals surface area contributed by atoms with Crippen molar-refractivity contribution in [3.63, 3.8) is 0 Å². The minimum Gasteiger partial charge on any atom is -0.507 e. The van der Waals surface area contributed by atoms with E-state index in [0.29, 0.717) is 24.3 Å². The Labute approximate surface area is 150 Å². The lowest BCUT2D eigenvalue weighted by molar-refractivity contribution is 0.445. The van der Waals surface area contributed by atoms with Crippen molar-refractivity contribution in [3.8, 4) is 5.75 Å². The summed E-state index contributed by atoms with van der Waals surface area (Å²) in [5.74, 6) is 0.105. The van der Waals surface area contributed by atoms with E-state index in [9.17, 15) is 13.5 Å². The SMILES string of the molecule is CCN(CC)S(=O)(=O)c1cccc(N=Cc2cc(Br)ccc2O)c1. The first kappa shape index (κ1) is 18.6. The lowest BCUT2D eigenvalue weighted by Crippen LogP contribution is -2.30. The highest BCUT2D eigenvalue weighted by Crippen LogP contribution is 2.23. The Kier molecular flexibility index (Phi) is 6.15. The van der Waals surface area contributed by atoms with Crippen molar-refractivity contribution in [1.29, 1.82) is 0 Å². The molecule has 2 rings (SSSR count). The van der Waals surface area contributed by atoms with Gasteiger partial charge in [-0.05, 0) is 36.4 Å². The van der Waals surface area contributed by atoms with Gasteiger partial charge in [0.05, 0.1) is 10.6 Å². The molecule has 0 bridgehead atoms. The highest BCUT2D eigenvalue weighted by Gasteiger charge is 2.21. The van der Waals surface area contributed by atoms with E-state index in [1.165, 1.54) is 16.6 Å². The number of phenolic OH excluding ortho intramolecular Hbond substituents is 1. The first-order valence-corrected chi connectivity index (χ1v) is 9.74. The fourth-order valence-corrected chi connectivity index (χ4v) is 4.09. The first-order chi connectivity index (χ1) is 11.4. The normalized spacial score (nSPS) is 12.2. The Balaban J connectivity index is 2.34. The Morgan fingerprint density at radius 1 is 1.17 bits per heavy atom. The van der Waals surface area contributed by atoms with Gasteiger partial charge in [-0.15, -0.1) is 0 Å². The number of hydrogen-bond donors (Lipinski definition) is 1. The van der Waals surface area contributed by atoms with Gasteiger partial charge in [0.15, 0.2) is 0 Å². The molecule has 0 fully saturated rings. The number of halogens is 1. The number of aromatic hydroxyl groups is 1. The Morgan fingerprint density at radius 3 is 2.54 bits per heavy atom. The molecule has 2 aromatic rings. The maximum atomic E-state index is 12.5. The average molecular weight is 411 g/mol. The van der Waals surface area contributed by atoms with Crippen LogP contribution >= 0.6 is 15.9 Å². The molecule has 0 atom stereocenters. The molecule has 1 N–H and O–H groups in total. The van der Waals surface area contributed by atoms with E-state index in [1.807, 2.05) is 0 Å². The standard InChI is InChI=1S/C17H19BrN2O3S/c1-3-20(4-2)24(22,23)16-7-5-6-15(11-16)19-12-13-10-14(18)8-9-17(13)21/h5-12,21H,3-4H2,1-2H3.